The van der Waals surface area contributed by atoms with E-state index < -0.39 is 5.60 Å². The third kappa shape index (κ3) is 4.90. The number of aromatic nitrogens is 3. The van der Waals surface area contributed by atoms with Crippen LogP contribution in [0.5, 0.6) is 0 Å². The highest BCUT2D eigenvalue weighted by molar-refractivity contribution is 5.79. The van der Waals surface area contributed by atoms with Crippen molar-refractivity contribution in [2.24, 2.45) is 11.8 Å². The van der Waals surface area contributed by atoms with E-state index in [2.05, 4.69) is 48.9 Å². The van der Waals surface area contributed by atoms with E-state index in [0.29, 0.717) is 24.9 Å². The van der Waals surface area contributed by atoms with Gasteiger partial charge in [0, 0.05) is 29.9 Å². The molecule has 8 heteroatoms. The Labute approximate surface area is 218 Å². The molecule has 3 fully saturated rings. The van der Waals surface area contributed by atoms with Crippen molar-refractivity contribution >= 4 is 16.9 Å². The predicted octanol–water partition coefficient (Wildman–Crippen LogP) is 3.47. The lowest BCUT2D eigenvalue weighted by atomic mass is 9.74. The Morgan fingerprint density at radius 3 is 2.92 bits per heavy atom. The molecule has 3 aliphatic rings. The molecule has 8 nitrogen and oxygen atoms in total. The summed E-state index contributed by atoms with van der Waals surface area (Å²) < 4.78 is 2.13. The van der Waals surface area contributed by atoms with Gasteiger partial charge in [-0.05, 0) is 94.5 Å². The number of nitrogens with one attached hydrogen (secondary N) is 3. The maximum absolute atomic E-state index is 13.5. The van der Waals surface area contributed by atoms with Crippen LogP contribution in [0, 0.1) is 25.7 Å². The topological polar surface area (TPSA) is 104 Å². The van der Waals surface area contributed by atoms with Crippen LogP contribution in [0.3, 0.4) is 0 Å². The van der Waals surface area contributed by atoms with Gasteiger partial charge in [-0.2, -0.15) is 0 Å². The molecule has 1 amide bonds. The van der Waals surface area contributed by atoms with Gasteiger partial charge in [-0.15, -0.1) is 0 Å². The van der Waals surface area contributed by atoms with Crippen LogP contribution in [-0.4, -0.2) is 43.2 Å². The van der Waals surface area contributed by atoms with E-state index in [1.807, 2.05) is 38.2 Å². The van der Waals surface area contributed by atoms with Gasteiger partial charge in [0.15, 0.2) is 0 Å². The minimum Gasteiger partial charge on any atom is -0.388 e. The average molecular weight is 503 g/mol. The second-order valence-corrected chi connectivity index (χ2v) is 11.5. The Hall–Kier alpha value is -2.81. The fourth-order valence-electron chi connectivity index (χ4n) is 7.00. The fraction of sp³-hybridized carbons (Fsp3) is 0.552. The summed E-state index contributed by atoms with van der Waals surface area (Å²) in [6, 6.07) is 12.9. The van der Waals surface area contributed by atoms with Crippen LogP contribution in [0.2, 0.25) is 0 Å². The second-order valence-electron chi connectivity index (χ2n) is 11.5. The maximum Gasteiger partial charge on any atom is 0.223 e. The quantitative estimate of drug-likeness (QED) is 0.426. The third-order valence-corrected chi connectivity index (χ3v) is 8.87. The number of rotatable bonds is 5. The Morgan fingerprint density at radius 2 is 2.05 bits per heavy atom. The van der Waals surface area contributed by atoms with Gasteiger partial charge in [0.25, 0.3) is 0 Å². The molecule has 0 spiro atoms. The van der Waals surface area contributed by atoms with Gasteiger partial charge in [0.1, 0.15) is 5.82 Å². The van der Waals surface area contributed by atoms with Crippen molar-refractivity contribution in [2.45, 2.75) is 89.1 Å². The van der Waals surface area contributed by atoms with E-state index in [1.54, 1.807) is 0 Å². The molecular weight excluding hydrogens is 464 g/mol. The Balaban J connectivity index is 1.11. The summed E-state index contributed by atoms with van der Waals surface area (Å²) in [5, 5.41) is 14.9. The average Bonchev–Trinajstić information content (AvgIpc) is 3.44. The normalized spacial score (nSPS) is 31.8. The highest BCUT2D eigenvalue weighted by Crippen LogP contribution is 2.41. The standard InChI is InChI=1S/C29H38N6O2/c1-18-14-20(11-13-30-18)27-23-15-21(9-10-24(23)33-34-27)28(36)32-22-6-5-12-29(37,16-22)17-35-19(2)31-25-7-3-4-8-26(25)35/h3-4,7-8,11,13-14,21-24,27,33-34,37H,5-6,9-10,12,15-17H2,1-2H3,(H,32,36)/t21?,22-,23?,24?,27?,29-/m0/s1. The van der Waals surface area contributed by atoms with Crippen molar-refractivity contribution in [3.8, 4) is 0 Å². The molecule has 3 aromatic rings. The van der Waals surface area contributed by atoms with Crippen LogP contribution in [0.4, 0.5) is 0 Å². The molecule has 4 N–H and O–H groups in total. The molecule has 2 aromatic heterocycles. The largest absolute Gasteiger partial charge is 0.388 e. The minimum absolute atomic E-state index is 0.00228. The summed E-state index contributed by atoms with van der Waals surface area (Å²) in [7, 11) is 0. The van der Waals surface area contributed by atoms with E-state index in [1.165, 1.54) is 5.56 Å². The lowest BCUT2D eigenvalue weighted by Gasteiger charge is -2.39. The van der Waals surface area contributed by atoms with Gasteiger partial charge in [-0.1, -0.05) is 12.1 Å². The molecule has 0 radical (unpaired) electrons. The van der Waals surface area contributed by atoms with Crippen molar-refractivity contribution in [1.82, 2.24) is 30.7 Å². The zero-order valence-electron chi connectivity index (χ0n) is 21.8. The number of imidazole rings is 1. The number of amides is 1. The number of aliphatic hydroxyl groups is 1. The molecule has 196 valence electrons. The van der Waals surface area contributed by atoms with Gasteiger partial charge in [0.2, 0.25) is 5.91 Å². The number of para-hydroxylation sites is 2. The van der Waals surface area contributed by atoms with Crippen LogP contribution < -0.4 is 16.2 Å². The van der Waals surface area contributed by atoms with Gasteiger partial charge in [-0.3, -0.25) is 15.2 Å². The van der Waals surface area contributed by atoms with E-state index in [9.17, 15) is 9.90 Å². The van der Waals surface area contributed by atoms with Crippen molar-refractivity contribution < 1.29 is 9.90 Å². The van der Waals surface area contributed by atoms with Crippen molar-refractivity contribution in [2.75, 3.05) is 0 Å². The molecule has 4 unspecified atom stereocenters. The maximum atomic E-state index is 13.5. The summed E-state index contributed by atoms with van der Waals surface area (Å²) in [5.74, 6) is 1.43. The lowest BCUT2D eigenvalue weighted by Crippen LogP contribution is -2.50. The monoisotopic (exact) mass is 502 g/mol. The molecular formula is C29H38N6O2. The van der Waals surface area contributed by atoms with E-state index in [0.717, 1.165) is 61.1 Å². The number of carbonyl (C=O) groups excluding carboxylic acids is 1. The zero-order chi connectivity index (χ0) is 25.6. The number of hydrazine groups is 1. The number of hydrogen-bond acceptors (Lipinski definition) is 6. The first-order valence-corrected chi connectivity index (χ1v) is 13.8. The number of fused-ring (bicyclic) bond motifs is 2. The molecule has 6 rings (SSSR count). The van der Waals surface area contributed by atoms with Crippen LogP contribution in [0.1, 0.15) is 68.1 Å². The highest BCUT2D eigenvalue weighted by atomic mass is 16.3. The zero-order valence-corrected chi connectivity index (χ0v) is 21.8. The molecule has 2 aliphatic carbocycles. The predicted molar refractivity (Wildman–Crippen MR) is 142 cm³/mol. The Bertz CT molecular complexity index is 1290. The number of benzene rings is 1. The van der Waals surface area contributed by atoms with Crippen molar-refractivity contribution in [3.63, 3.8) is 0 Å². The van der Waals surface area contributed by atoms with Crippen LogP contribution >= 0.6 is 0 Å². The first-order valence-electron chi connectivity index (χ1n) is 13.8. The van der Waals surface area contributed by atoms with Crippen LogP contribution in [0.15, 0.2) is 42.6 Å². The van der Waals surface area contributed by atoms with E-state index in [4.69, 9.17) is 0 Å². The highest BCUT2D eigenvalue weighted by Gasteiger charge is 2.43. The van der Waals surface area contributed by atoms with Crippen molar-refractivity contribution in [3.05, 3.63) is 59.7 Å². The van der Waals surface area contributed by atoms with Crippen LogP contribution in [-0.2, 0) is 11.3 Å². The van der Waals surface area contributed by atoms with E-state index >= 15 is 0 Å². The molecule has 3 heterocycles. The molecule has 37 heavy (non-hydrogen) atoms. The molecule has 0 bridgehead atoms. The first-order chi connectivity index (χ1) is 17.9. The Kier molecular flexibility index (Phi) is 6.51. The summed E-state index contributed by atoms with van der Waals surface area (Å²) in [4.78, 5) is 22.5. The van der Waals surface area contributed by atoms with Gasteiger partial charge < -0.3 is 15.0 Å². The molecule has 1 saturated heterocycles. The third-order valence-electron chi connectivity index (χ3n) is 8.87. The minimum atomic E-state index is -0.855. The van der Waals surface area contributed by atoms with Gasteiger partial charge >= 0.3 is 0 Å². The lowest BCUT2D eigenvalue weighted by molar-refractivity contribution is -0.128. The van der Waals surface area contributed by atoms with Crippen molar-refractivity contribution in [1.29, 1.82) is 0 Å². The Morgan fingerprint density at radius 1 is 1.19 bits per heavy atom. The number of hydrogen-bond donors (Lipinski definition) is 4. The smallest absolute Gasteiger partial charge is 0.223 e. The molecule has 6 atom stereocenters. The van der Waals surface area contributed by atoms with E-state index in [-0.39, 0.29) is 23.9 Å². The number of aryl methyl sites for hydroxylation is 2. The number of pyridine rings is 1. The summed E-state index contributed by atoms with van der Waals surface area (Å²) >= 11 is 0. The summed E-state index contributed by atoms with van der Waals surface area (Å²) in [6.07, 6.45) is 7.73. The SMILES string of the molecule is Cc1cc(C2NNC3CCC(C(=O)N[C@H]4CCC[C@@](O)(Cn5c(C)nc6ccccc65)C4)CC32)ccn1. The van der Waals surface area contributed by atoms with Gasteiger partial charge in [0.05, 0.1) is 29.2 Å². The first kappa shape index (κ1) is 24.5. The van der Waals surface area contributed by atoms with Gasteiger partial charge in [-0.25, -0.2) is 10.4 Å². The number of nitrogens with zero attached hydrogens (tertiary/aromatic N) is 3. The number of carbonyl (C=O) groups is 1. The summed E-state index contributed by atoms with van der Waals surface area (Å²) in [6.45, 7) is 4.51. The second kappa shape index (κ2) is 9.82. The summed E-state index contributed by atoms with van der Waals surface area (Å²) in [5.41, 5.74) is 10.3. The molecule has 1 aromatic carbocycles. The fourth-order valence-corrected chi connectivity index (χ4v) is 7.00. The molecule has 1 aliphatic heterocycles. The molecule has 2 saturated carbocycles. The van der Waals surface area contributed by atoms with Crippen LogP contribution in [0.25, 0.3) is 11.0 Å².